The van der Waals surface area contributed by atoms with Crippen molar-refractivity contribution in [2.45, 2.75) is 139 Å². The maximum Gasteiger partial charge on any atom is 0.251 e. The predicted octanol–water partition coefficient (Wildman–Crippen LogP) is -0.936. The zero-order valence-electron chi connectivity index (χ0n) is 22.6. The van der Waals surface area contributed by atoms with Crippen LogP contribution in [0.1, 0.15) is 84.0 Å². The molecule has 0 aliphatic carbocycles. The Kier molecular flexibility index (Phi) is 18.5. The number of nitrogens with one attached hydrogen (secondary N) is 1. The summed E-state index contributed by atoms with van der Waals surface area (Å²) in [5.41, 5.74) is 0. The Bertz CT molecular complexity index is 612. The minimum Gasteiger partial charge on any atom is -0.394 e. The molecule has 226 valence electrons. The van der Waals surface area contributed by atoms with E-state index in [2.05, 4.69) is 12.2 Å². The van der Waals surface area contributed by atoms with Crippen LogP contribution in [0.15, 0.2) is 0 Å². The van der Waals surface area contributed by atoms with E-state index in [9.17, 15) is 45.6 Å². The van der Waals surface area contributed by atoms with Crippen molar-refractivity contribution in [1.29, 1.82) is 0 Å². The Morgan fingerprint density at radius 2 is 1.34 bits per heavy atom. The quantitative estimate of drug-likeness (QED) is 0.0792. The predicted molar refractivity (Wildman–Crippen MR) is 138 cm³/mol. The zero-order chi connectivity index (χ0) is 28.5. The number of amides is 1. The standard InChI is InChI=1S/C26H51NO11/c1-2-3-4-5-6-7-8-9-10-11-12-13-14-27-25(36)22(34)21(33)24(17(30)15-28)38-26-23(35)20(32)19(31)18(16-29)37-26/h17-24,26,28-35H,2-16H2,1H3,(H,27,36)/t17-,18-,19+,20+,21-,22-,23-,24-,26+/m1/s1. The van der Waals surface area contributed by atoms with Crippen LogP contribution in [0.2, 0.25) is 0 Å². The smallest absolute Gasteiger partial charge is 0.251 e. The molecule has 0 radical (unpaired) electrons. The van der Waals surface area contributed by atoms with E-state index in [1.54, 1.807) is 0 Å². The van der Waals surface area contributed by atoms with E-state index in [0.717, 1.165) is 19.3 Å². The van der Waals surface area contributed by atoms with Crippen LogP contribution < -0.4 is 5.32 Å². The third-order valence-corrected chi connectivity index (χ3v) is 6.96. The highest BCUT2D eigenvalue weighted by molar-refractivity contribution is 5.81. The fourth-order valence-electron chi connectivity index (χ4n) is 4.45. The average Bonchev–Trinajstić information content (AvgIpc) is 2.92. The lowest BCUT2D eigenvalue weighted by Gasteiger charge is -2.42. The molecule has 1 aliphatic rings. The Morgan fingerprint density at radius 1 is 0.816 bits per heavy atom. The van der Waals surface area contributed by atoms with Gasteiger partial charge in [-0.2, -0.15) is 0 Å². The van der Waals surface area contributed by atoms with Gasteiger partial charge in [0.15, 0.2) is 12.4 Å². The summed E-state index contributed by atoms with van der Waals surface area (Å²) in [6.45, 7) is 0.834. The summed E-state index contributed by atoms with van der Waals surface area (Å²) in [5.74, 6) is -0.909. The number of unbranched alkanes of at least 4 members (excludes halogenated alkanes) is 11. The first-order chi connectivity index (χ1) is 18.2. The molecular formula is C26H51NO11. The van der Waals surface area contributed by atoms with Gasteiger partial charge in [0, 0.05) is 6.54 Å². The number of aliphatic hydroxyl groups is 8. The van der Waals surface area contributed by atoms with Gasteiger partial charge in [0.2, 0.25) is 0 Å². The van der Waals surface area contributed by atoms with Crippen molar-refractivity contribution in [3.63, 3.8) is 0 Å². The maximum atomic E-state index is 12.3. The molecule has 1 rings (SSSR count). The molecule has 0 bridgehead atoms. The second-order valence-electron chi connectivity index (χ2n) is 10.2. The fraction of sp³-hybridized carbons (Fsp3) is 0.962. The van der Waals surface area contributed by atoms with Crippen molar-refractivity contribution in [2.75, 3.05) is 19.8 Å². The van der Waals surface area contributed by atoms with Crippen molar-refractivity contribution in [1.82, 2.24) is 5.32 Å². The minimum atomic E-state index is -2.04. The van der Waals surface area contributed by atoms with Gasteiger partial charge in [0.1, 0.15) is 42.7 Å². The van der Waals surface area contributed by atoms with Crippen LogP contribution in [0.4, 0.5) is 0 Å². The molecular weight excluding hydrogens is 502 g/mol. The van der Waals surface area contributed by atoms with Gasteiger partial charge >= 0.3 is 0 Å². The summed E-state index contributed by atoms with van der Waals surface area (Å²) in [5, 5.41) is 82.0. The first-order valence-corrected chi connectivity index (χ1v) is 14.1. The topological polar surface area (TPSA) is 209 Å². The monoisotopic (exact) mass is 553 g/mol. The summed E-state index contributed by atoms with van der Waals surface area (Å²) < 4.78 is 10.5. The van der Waals surface area contributed by atoms with Gasteiger partial charge in [-0.05, 0) is 6.42 Å². The van der Waals surface area contributed by atoms with Gasteiger partial charge in [-0.25, -0.2) is 0 Å². The van der Waals surface area contributed by atoms with Crippen LogP contribution in [-0.2, 0) is 14.3 Å². The van der Waals surface area contributed by atoms with E-state index < -0.39 is 74.2 Å². The number of aliphatic hydroxyl groups excluding tert-OH is 8. The molecule has 12 nitrogen and oxygen atoms in total. The lowest BCUT2D eigenvalue weighted by atomic mass is 9.98. The molecule has 1 heterocycles. The third-order valence-electron chi connectivity index (χ3n) is 6.96. The van der Waals surface area contributed by atoms with Crippen LogP contribution in [0.25, 0.3) is 0 Å². The maximum absolute atomic E-state index is 12.3. The van der Waals surface area contributed by atoms with E-state index in [-0.39, 0.29) is 6.54 Å². The summed E-state index contributed by atoms with van der Waals surface area (Å²) >= 11 is 0. The highest BCUT2D eigenvalue weighted by Crippen LogP contribution is 2.25. The molecule has 0 aromatic carbocycles. The summed E-state index contributed by atoms with van der Waals surface area (Å²) in [6.07, 6.45) is -2.07. The van der Waals surface area contributed by atoms with Crippen molar-refractivity contribution in [3.8, 4) is 0 Å². The second-order valence-corrected chi connectivity index (χ2v) is 10.2. The molecule has 0 aromatic rings. The van der Waals surface area contributed by atoms with Crippen LogP contribution in [-0.4, -0.2) is 122 Å². The summed E-state index contributed by atoms with van der Waals surface area (Å²) in [6, 6.07) is 0. The molecule has 1 saturated heterocycles. The van der Waals surface area contributed by atoms with E-state index in [4.69, 9.17) is 9.47 Å². The number of hydrogen-bond acceptors (Lipinski definition) is 11. The lowest BCUT2D eigenvalue weighted by molar-refractivity contribution is -0.326. The molecule has 9 atom stereocenters. The van der Waals surface area contributed by atoms with Gasteiger partial charge in [0.05, 0.1) is 13.2 Å². The molecule has 9 N–H and O–H groups in total. The van der Waals surface area contributed by atoms with Crippen molar-refractivity contribution in [2.24, 2.45) is 0 Å². The minimum absolute atomic E-state index is 0.279. The van der Waals surface area contributed by atoms with Crippen LogP contribution in [0, 0.1) is 0 Å². The van der Waals surface area contributed by atoms with E-state index in [0.29, 0.717) is 6.42 Å². The Morgan fingerprint density at radius 3 is 1.84 bits per heavy atom. The highest BCUT2D eigenvalue weighted by atomic mass is 16.7. The molecule has 38 heavy (non-hydrogen) atoms. The summed E-state index contributed by atoms with van der Waals surface area (Å²) in [4.78, 5) is 12.3. The number of ether oxygens (including phenoxy) is 2. The molecule has 0 spiro atoms. The SMILES string of the molecule is CCCCCCCCCCCCCCNC(=O)[C@H](O)[C@@H](O)[C@H](O[C@@H]1O[C@H](CO)[C@H](O)[C@H](O)[C@H]1O)[C@H](O)CO. The Balaban J connectivity index is 2.40. The number of carbonyl (C=O) groups is 1. The van der Waals surface area contributed by atoms with Crippen molar-refractivity contribution >= 4 is 5.91 Å². The normalized spacial score (nSPS) is 27.0. The molecule has 1 aliphatic heterocycles. The van der Waals surface area contributed by atoms with E-state index in [1.807, 2.05) is 0 Å². The molecule has 1 fully saturated rings. The molecule has 12 heteroatoms. The van der Waals surface area contributed by atoms with Crippen LogP contribution in [0.5, 0.6) is 0 Å². The largest absolute Gasteiger partial charge is 0.394 e. The Labute approximate surface area is 225 Å². The van der Waals surface area contributed by atoms with E-state index in [1.165, 1.54) is 51.4 Å². The van der Waals surface area contributed by atoms with Gasteiger partial charge in [-0.3, -0.25) is 4.79 Å². The van der Waals surface area contributed by atoms with Crippen LogP contribution in [0.3, 0.4) is 0 Å². The van der Waals surface area contributed by atoms with E-state index >= 15 is 0 Å². The first-order valence-electron chi connectivity index (χ1n) is 14.1. The van der Waals surface area contributed by atoms with Gasteiger partial charge in [-0.1, -0.05) is 77.6 Å². The van der Waals surface area contributed by atoms with Gasteiger partial charge in [0.25, 0.3) is 5.91 Å². The van der Waals surface area contributed by atoms with Crippen molar-refractivity contribution in [3.05, 3.63) is 0 Å². The van der Waals surface area contributed by atoms with Gasteiger partial charge in [-0.15, -0.1) is 0 Å². The number of rotatable bonds is 21. The number of carbonyl (C=O) groups excluding carboxylic acids is 1. The molecule has 1 amide bonds. The summed E-state index contributed by atoms with van der Waals surface area (Å²) in [7, 11) is 0. The first kappa shape index (κ1) is 35.1. The molecule has 0 aromatic heterocycles. The molecule has 0 unspecified atom stereocenters. The number of hydrogen-bond donors (Lipinski definition) is 9. The van der Waals surface area contributed by atoms with Crippen LogP contribution >= 0.6 is 0 Å². The second kappa shape index (κ2) is 20.0. The third kappa shape index (κ3) is 12.1. The zero-order valence-corrected chi connectivity index (χ0v) is 22.6. The fourth-order valence-corrected chi connectivity index (χ4v) is 4.45. The molecule has 0 saturated carbocycles. The Hall–Kier alpha value is -0.930. The van der Waals surface area contributed by atoms with Crippen molar-refractivity contribution < 1.29 is 55.1 Å². The lowest BCUT2D eigenvalue weighted by Crippen LogP contribution is -2.62. The highest BCUT2D eigenvalue weighted by Gasteiger charge is 2.47. The average molecular weight is 554 g/mol. The van der Waals surface area contributed by atoms with Gasteiger partial charge < -0.3 is 55.6 Å².